The van der Waals surface area contributed by atoms with Gasteiger partial charge in [0.25, 0.3) is 5.91 Å². The monoisotopic (exact) mass is 335 g/mol. The molecule has 0 aliphatic heterocycles. The topological polar surface area (TPSA) is 120 Å². The van der Waals surface area contributed by atoms with Crippen molar-refractivity contribution in [1.29, 1.82) is 0 Å². The first kappa shape index (κ1) is 20.1. The van der Waals surface area contributed by atoms with Crippen molar-refractivity contribution in [3.05, 3.63) is 47.2 Å². The van der Waals surface area contributed by atoms with Crippen LogP contribution in [0.5, 0.6) is 0 Å². The normalized spacial score (nSPS) is 16.8. The fourth-order valence-electron chi connectivity index (χ4n) is 2.14. The molecule has 0 bridgehead atoms. The molecule has 7 nitrogen and oxygen atoms in total. The van der Waals surface area contributed by atoms with Crippen LogP contribution in [0.3, 0.4) is 0 Å². The van der Waals surface area contributed by atoms with Gasteiger partial charge < -0.3 is 17.2 Å². The Labute approximate surface area is 143 Å². The summed E-state index contributed by atoms with van der Waals surface area (Å²) in [6.45, 7) is 4.69. The van der Waals surface area contributed by atoms with Gasteiger partial charge >= 0.3 is 0 Å². The fraction of sp³-hybridized carbons (Fsp3) is 0.471. The Morgan fingerprint density at radius 1 is 1.50 bits per heavy atom. The summed E-state index contributed by atoms with van der Waals surface area (Å²) in [5.74, 6) is -0.206. The van der Waals surface area contributed by atoms with Gasteiger partial charge in [0.15, 0.2) is 0 Å². The molecule has 24 heavy (non-hydrogen) atoms. The number of nitrogens with one attached hydrogen (secondary N) is 1. The van der Waals surface area contributed by atoms with E-state index >= 15 is 0 Å². The first-order valence-electron chi connectivity index (χ1n) is 8.12. The first-order valence-corrected chi connectivity index (χ1v) is 8.12. The lowest BCUT2D eigenvalue weighted by atomic mass is 10.0. The van der Waals surface area contributed by atoms with Crippen LogP contribution in [0.1, 0.15) is 26.7 Å². The zero-order valence-electron chi connectivity index (χ0n) is 14.5. The van der Waals surface area contributed by atoms with Crippen LogP contribution < -0.4 is 22.8 Å². The van der Waals surface area contributed by atoms with Gasteiger partial charge in [-0.1, -0.05) is 24.3 Å². The predicted octanol–water partition coefficient (Wildman–Crippen LogP) is 0.622. The summed E-state index contributed by atoms with van der Waals surface area (Å²) in [7, 11) is 0. The Hall–Kier alpha value is -1.93. The van der Waals surface area contributed by atoms with Crippen molar-refractivity contribution >= 4 is 5.91 Å². The molecule has 1 aliphatic carbocycles. The van der Waals surface area contributed by atoms with Crippen molar-refractivity contribution in [2.24, 2.45) is 17.2 Å². The third-order valence-corrected chi connectivity index (χ3v) is 3.53. The third-order valence-electron chi connectivity index (χ3n) is 3.53. The summed E-state index contributed by atoms with van der Waals surface area (Å²) in [5, 5.41) is 1.36. The van der Waals surface area contributed by atoms with E-state index in [1.165, 1.54) is 5.01 Å². The molecule has 0 fully saturated rings. The molecule has 1 amide bonds. The summed E-state index contributed by atoms with van der Waals surface area (Å²) in [6, 6.07) is 0. The smallest absolute Gasteiger partial charge is 0.265 e. The van der Waals surface area contributed by atoms with E-state index in [1.54, 1.807) is 25.2 Å². The number of hydrazine groups is 1. The van der Waals surface area contributed by atoms with Gasteiger partial charge in [0.2, 0.25) is 0 Å². The molecular formula is C17H29N5O2. The van der Waals surface area contributed by atoms with E-state index in [1.807, 2.05) is 13.0 Å². The van der Waals surface area contributed by atoms with Gasteiger partial charge in [0.05, 0.1) is 6.54 Å². The number of carbonyl (C=O) groups is 1. The molecule has 0 aromatic carbocycles. The maximum absolute atomic E-state index is 12.4. The minimum atomic E-state index is -0.238. The van der Waals surface area contributed by atoms with Gasteiger partial charge in [0.1, 0.15) is 6.10 Å². The van der Waals surface area contributed by atoms with E-state index in [0.717, 1.165) is 24.1 Å². The van der Waals surface area contributed by atoms with Crippen LogP contribution in [0.15, 0.2) is 47.2 Å². The van der Waals surface area contributed by atoms with Gasteiger partial charge in [-0.25, -0.2) is 5.01 Å². The zero-order valence-corrected chi connectivity index (χ0v) is 14.5. The van der Waals surface area contributed by atoms with Crippen molar-refractivity contribution in [2.75, 3.05) is 19.6 Å². The number of amides is 1. The average molecular weight is 335 g/mol. The molecule has 134 valence electrons. The maximum Gasteiger partial charge on any atom is 0.265 e. The minimum absolute atomic E-state index is 0.206. The van der Waals surface area contributed by atoms with E-state index in [0.29, 0.717) is 25.2 Å². The number of allylic oxidation sites excluding steroid dienone is 4. The van der Waals surface area contributed by atoms with E-state index in [-0.39, 0.29) is 12.0 Å². The number of hydrogen-bond donors (Lipinski definition) is 4. The molecule has 0 saturated carbocycles. The summed E-state index contributed by atoms with van der Waals surface area (Å²) < 4.78 is 0. The second kappa shape index (κ2) is 10.8. The quantitative estimate of drug-likeness (QED) is 0.279. The van der Waals surface area contributed by atoms with Crippen molar-refractivity contribution in [1.82, 2.24) is 10.6 Å². The van der Waals surface area contributed by atoms with E-state index in [4.69, 9.17) is 22.0 Å². The zero-order chi connectivity index (χ0) is 17.9. The van der Waals surface area contributed by atoms with Crippen molar-refractivity contribution in [3.63, 3.8) is 0 Å². The van der Waals surface area contributed by atoms with Crippen LogP contribution in [-0.2, 0) is 9.63 Å². The second-order valence-corrected chi connectivity index (χ2v) is 5.57. The summed E-state index contributed by atoms with van der Waals surface area (Å²) >= 11 is 0. The molecule has 1 atom stereocenters. The Balaban J connectivity index is 2.65. The summed E-state index contributed by atoms with van der Waals surface area (Å²) in [4.78, 5) is 18.0. The van der Waals surface area contributed by atoms with Crippen LogP contribution in [0.4, 0.5) is 0 Å². The lowest BCUT2D eigenvalue weighted by molar-refractivity contribution is -0.152. The highest BCUT2D eigenvalue weighted by atomic mass is 16.7. The maximum atomic E-state index is 12.4. The second-order valence-electron chi connectivity index (χ2n) is 5.57. The van der Waals surface area contributed by atoms with E-state index in [2.05, 4.69) is 11.7 Å². The molecule has 0 radical (unpaired) electrons. The highest BCUT2D eigenvalue weighted by Crippen LogP contribution is 2.17. The molecule has 7 heteroatoms. The van der Waals surface area contributed by atoms with Crippen LogP contribution >= 0.6 is 0 Å². The van der Waals surface area contributed by atoms with Gasteiger partial charge in [-0.2, -0.15) is 0 Å². The highest BCUT2D eigenvalue weighted by molar-refractivity contribution is 5.92. The van der Waals surface area contributed by atoms with Gasteiger partial charge in [-0.15, -0.1) is 5.59 Å². The Morgan fingerprint density at radius 2 is 2.25 bits per heavy atom. The lowest BCUT2D eigenvalue weighted by Gasteiger charge is -2.26. The van der Waals surface area contributed by atoms with E-state index < -0.39 is 0 Å². The largest absolute Gasteiger partial charge is 0.402 e. The van der Waals surface area contributed by atoms with Crippen LogP contribution in [0, 0.1) is 0 Å². The molecule has 1 aliphatic rings. The van der Waals surface area contributed by atoms with E-state index in [9.17, 15) is 4.79 Å². The molecule has 0 heterocycles. The number of rotatable bonds is 9. The Kier molecular flexibility index (Phi) is 9.03. The molecule has 0 unspecified atom stereocenters. The summed E-state index contributed by atoms with van der Waals surface area (Å²) in [5.41, 5.74) is 21.9. The number of nitrogens with zero attached hydrogens (tertiary/aromatic N) is 1. The van der Waals surface area contributed by atoms with Crippen molar-refractivity contribution in [3.8, 4) is 0 Å². The average Bonchev–Trinajstić information content (AvgIpc) is 2.57. The number of nitrogens with two attached hydrogens (primary N) is 3. The molecule has 0 aromatic heterocycles. The van der Waals surface area contributed by atoms with Gasteiger partial charge in [0, 0.05) is 24.4 Å². The molecule has 7 N–H and O–H groups in total. The molecular weight excluding hydrogens is 306 g/mol. The highest BCUT2D eigenvalue weighted by Gasteiger charge is 2.17. The first-order chi connectivity index (χ1) is 11.5. The van der Waals surface area contributed by atoms with Crippen molar-refractivity contribution in [2.45, 2.75) is 32.8 Å². The van der Waals surface area contributed by atoms with Crippen LogP contribution in [-0.4, -0.2) is 36.7 Å². The summed E-state index contributed by atoms with van der Waals surface area (Å²) in [6.07, 6.45) is 10.7. The van der Waals surface area contributed by atoms with Crippen LogP contribution in [0.2, 0.25) is 0 Å². The standard InChI is InChI=1S/C17H29N5O2/c1-13(6-3-4-9-18)17(23)22(11-10-19)21-24-14(2)15-7-5-8-16(20)12-15/h3-4,6-7,12,14,21H,5,8-11,18-20H2,1-2H3/b4-3-,13-6+/t14-/m0/s1. The Morgan fingerprint density at radius 3 is 2.88 bits per heavy atom. The predicted molar refractivity (Wildman–Crippen MR) is 96.0 cm³/mol. The lowest BCUT2D eigenvalue weighted by Crippen LogP contribution is -2.47. The number of carbonyl (C=O) groups excluding carboxylic acids is 1. The van der Waals surface area contributed by atoms with Gasteiger partial charge in [-0.05, 0) is 38.3 Å². The number of hydrogen-bond acceptors (Lipinski definition) is 6. The van der Waals surface area contributed by atoms with Crippen LogP contribution in [0.25, 0.3) is 0 Å². The minimum Gasteiger partial charge on any atom is -0.402 e. The molecule has 0 aromatic rings. The molecule has 0 spiro atoms. The molecule has 1 rings (SSSR count). The van der Waals surface area contributed by atoms with Crippen molar-refractivity contribution < 1.29 is 9.63 Å². The molecule has 0 saturated heterocycles. The SMILES string of the molecule is C/C(=C\C=C/CN)C(=O)N(CCN)NO[C@@H](C)C1=CCCC(N)=C1. The Bertz CT molecular complexity index is 537. The third kappa shape index (κ3) is 6.67. The van der Waals surface area contributed by atoms with Gasteiger partial charge in [-0.3, -0.25) is 9.63 Å². The fourth-order valence-corrected chi connectivity index (χ4v) is 2.14.